The normalized spacial score (nSPS) is 17.9. The summed E-state index contributed by atoms with van der Waals surface area (Å²) in [6.07, 6.45) is 4.76. The average molecular weight is 553 g/mol. The van der Waals surface area contributed by atoms with Crippen molar-refractivity contribution in [2.75, 3.05) is 44.9 Å². The van der Waals surface area contributed by atoms with Gasteiger partial charge in [0.15, 0.2) is 5.17 Å². The fraction of sp³-hybridized carbons (Fsp3) is 0.250. The number of aromatic amines is 1. The molecule has 0 radical (unpaired) electrons. The maximum atomic E-state index is 13.8. The Labute approximate surface area is 238 Å². The van der Waals surface area contributed by atoms with Gasteiger partial charge in [-0.3, -0.25) is 9.69 Å². The first-order valence-electron chi connectivity index (χ1n) is 13.5. The predicted octanol–water partition coefficient (Wildman–Crippen LogP) is 6.17. The van der Waals surface area contributed by atoms with E-state index in [0.29, 0.717) is 16.6 Å². The predicted molar refractivity (Wildman–Crippen MR) is 164 cm³/mol. The largest absolute Gasteiger partial charge is 0.497 e. The van der Waals surface area contributed by atoms with Crippen molar-refractivity contribution in [2.45, 2.75) is 13.3 Å². The Morgan fingerprint density at radius 2 is 1.88 bits per heavy atom. The standard InChI is InChI=1S/C32H32N4O3S/c1-22-19-26(35-15-17-39-18-16-35)10-7-23(22)20-30-31(37)36(14-13-24-21-33-29-6-4-3-5-28(24)29)32(40-30)34-25-8-11-27(38-2)12-9-25/h3-12,19-21,33H,13-18H2,1-2H3/b30-20-,34-32?. The van der Waals surface area contributed by atoms with E-state index >= 15 is 0 Å². The molecule has 2 aliphatic heterocycles. The molecule has 7 nitrogen and oxygen atoms in total. The third-order valence-corrected chi connectivity index (χ3v) is 8.39. The Hall–Kier alpha value is -4.01. The Morgan fingerprint density at radius 1 is 1.07 bits per heavy atom. The molecule has 3 aromatic carbocycles. The van der Waals surface area contributed by atoms with E-state index in [4.69, 9.17) is 14.5 Å². The molecule has 1 amide bonds. The van der Waals surface area contributed by atoms with E-state index in [1.807, 2.05) is 48.7 Å². The van der Waals surface area contributed by atoms with Gasteiger partial charge in [0.2, 0.25) is 0 Å². The fourth-order valence-corrected chi connectivity index (χ4v) is 6.12. The molecule has 0 atom stereocenters. The molecule has 2 fully saturated rings. The maximum Gasteiger partial charge on any atom is 0.266 e. The van der Waals surface area contributed by atoms with Gasteiger partial charge in [0.05, 0.1) is 30.9 Å². The number of amidine groups is 1. The fourth-order valence-electron chi connectivity index (χ4n) is 5.11. The first kappa shape index (κ1) is 26.2. The van der Waals surface area contributed by atoms with Crippen LogP contribution in [0.5, 0.6) is 5.75 Å². The number of hydrogen-bond acceptors (Lipinski definition) is 6. The first-order valence-corrected chi connectivity index (χ1v) is 14.3. The minimum atomic E-state index is -0.0197. The molecule has 204 valence electrons. The number of aliphatic imine (C=N–C) groups is 1. The van der Waals surface area contributed by atoms with Crippen LogP contribution in [0.1, 0.15) is 16.7 Å². The SMILES string of the molecule is COc1ccc(N=C2S/C(=C\c3ccc(N4CCOCC4)cc3C)C(=O)N2CCc2c[nH]c3ccccc23)cc1. The molecule has 2 saturated heterocycles. The zero-order valence-corrected chi connectivity index (χ0v) is 23.5. The number of benzene rings is 3. The average Bonchev–Trinajstić information content (AvgIpc) is 3.53. The molecular formula is C32H32N4O3S. The maximum absolute atomic E-state index is 13.8. The van der Waals surface area contributed by atoms with Gasteiger partial charge in [-0.2, -0.15) is 0 Å². The molecule has 0 unspecified atom stereocenters. The summed E-state index contributed by atoms with van der Waals surface area (Å²) in [5.74, 6) is 0.751. The van der Waals surface area contributed by atoms with Gasteiger partial charge >= 0.3 is 0 Å². The van der Waals surface area contributed by atoms with Crippen LogP contribution in [0.4, 0.5) is 11.4 Å². The molecular weight excluding hydrogens is 520 g/mol. The molecule has 4 aromatic rings. The van der Waals surface area contributed by atoms with Gasteiger partial charge in [-0.15, -0.1) is 0 Å². The monoisotopic (exact) mass is 552 g/mol. The number of amides is 1. The van der Waals surface area contributed by atoms with Crippen molar-refractivity contribution in [3.05, 3.63) is 94.5 Å². The van der Waals surface area contributed by atoms with Crippen molar-refractivity contribution < 1.29 is 14.3 Å². The first-order chi connectivity index (χ1) is 19.6. The molecule has 0 aliphatic carbocycles. The van der Waals surface area contributed by atoms with E-state index < -0.39 is 0 Å². The van der Waals surface area contributed by atoms with Crippen LogP contribution in [0, 0.1) is 6.92 Å². The Bertz CT molecular complexity index is 1590. The van der Waals surface area contributed by atoms with E-state index in [0.717, 1.165) is 60.8 Å². The number of anilines is 1. The number of carbonyl (C=O) groups is 1. The Balaban J connectivity index is 1.28. The summed E-state index contributed by atoms with van der Waals surface area (Å²) in [5.41, 5.74) is 6.43. The summed E-state index contributed by atoms with van der Waals surface area (Å²) >= 11 is 1.43. The van der Waals surface area contributed by atoms with Crippen LogP contribution in [-0.4, -0.2) is 60.9 Å². The lowest BCUT2D eigenvalue weighted by molar-refractivity contribution is -0.122. The highest BCUT2D eigenvalue weighted by molar-refractivity contribution is 8.18. The number of aromatic nitrogens is 1. The summed E-state index contributed by atoms with van der Waals surface area (Å²) in [6.45, 7) is 5.92. The second kappa shape index (κ2) is 11.6. The second-order valence-corrected chi connectivity index (χ2v) is 10.9. The number of nitrogens with zero attached hydrogens (tertiary/aromatic N) is 3. The molecule has 40 heavy (non-hydrogen) atoms. The number of para-hydroxylation sites is 1. The van der Waals surface area contributed by atoms with Crippen LogP contribution >= 0.6 is 11.8 Å². The number of ether oxygens (including phenoxy) is 2. The molecule has 0 spiro atoms. The van der Waals surface area contributed by atoms with Crippen LogP contribution < -0.4 is 9.64 Å². The van der Waals surface area contributed by atoms with Crippen molar-refractivity contribution in [1.29, 1.82) is 0 Å². The summed E-state index contributed by atoms with van der Waals surface area (Å²) in [7, 11) is 1.64. The van der Waals surface area contributed by atoms with Gasteiger partial charge in [0, 0.05) is 42.4 Å². The lowest BCUT2D eigenvalue weighted by Gasteiger charge is -2.29. The van der Waals surface area contributed by atoms with Crippen LogP contribution in [-0.2, 0) is 16.0 Å². The van der Waals surface area contributed by atoms with E-state index in [2.05, 4.69) is 47.1 Å². The third kappa shape index (κ3) is 5.50. The highest BCUT2D eigenvalue weighted by atomic mass is 32.2. The number of H-pyrrole nitrogens is 1. The van der Waals surface area contributed by atoms with Crippen LogP contribution in [0.25, 0.3) is 17.0 Å². The molecule has 1 N–H and O–H groups in total. The number of methoxy groups -OCH3 is 1. The number of rotatable bonds is 7. The van der Waals surface area contributed by atoms with Crippen LogP contribution in [0.2, 0.25) is 0 Å². The minimum absolute atomic E-state index is 0.0197. The quantitative estimate of drug-likeness (QED) is 0.278. The van der Waals surface area contributed by atoms with E-state index in [1.165, 1.54) is 28.4 Å². The number of hydrogen-bond donors (Lipinski definition) is 1. The number of nitrogens with one attached hydrogen (secondary N) is 1. The van der Waals surface area contributed by atoms with Gasteiger partial charge in [-0.25, -0.2) is 4.99 Å². The number of morpholine rings is 1. The van der Waals surface area contributed by atoms with Crippen molar-refractivity contribution >= 4 is 51.2 Å². The third-order valence-electron chi connectivity index (χ3n) is 7.38. The molecule has 8 heteroatoms. The summed E-state index contributed by atoms with van der Waals surface area (Å²) in [6, 6.07) is 22.3. The summed E-state index contributed by atoms with van der Waals surface area (Å²) < 4.78 is 10.8. The second-order valence-electron chi connectivity index (χ2n) is 9.91. The Morgan fingerprint density at radius 3 is 2.65 bits per heavy atom. The topological polar surface area (TPSA) is 70.2 Å². The van der Waals surface area contributed by atoms with E-state index in [1.54, 1.807) is 12.0 Å². The number of thioether (sulfide) groups is 1. The van der Waals surface area contributed by atoms with Crippen LogP contribution in [0.15, 0.2) is 82.8 Å². The summed E-state index contributed by atoms with van der Waals surface area (Å²) in [5, 5.41) is 1.87. The van der Waals surface area contributed by atoms with Crippen molar-refractivity contribution in [3.63, 3.8) is 0 Å². The lowest BCUT2D eigenvalue weighted by Crippen LogP contribution is -2.36. The van der Waals surface area contributed by atoms with Crippen LogP contribution in [0.3, 0.4) is 0 Å². The highest BCUT2D eigenvalue weighted by Gasteiger charge is 2.33. The van der Waals surface area contributed by atoms with Gasteiger partial charge < -0.3 is 19.4 Å². The van der Waals surface area contributed by atoms with Gasteiger partial charge in [0.25, 0.3) is 5.91 Å². The van der Waals surface area contributed by atoms with E-state index in [-0.39, 0.29) is 5.91 Å². The summed E-state index contributed by atoms with van der Waals surface area (Å²) in [4.78, 5) is 26.8. The zero-order valence-electron chi connectivity index (χ0n) is 22.7. The molecule has 0 saturated carbocycles. The molecule has 1 aromatic heterocycles. The number of carbonyl (C=O) groups excluding carboxylic acids is 1. The molecule has 6 rings (SSSR count). The molecule has 0 bridgehead atoms. The molecule has 2 aliphatic rings. The van der Waals surface area contributed by atoms with Crippen molar-refractivity contribution in [3.8, 4) is 5.75 Å². The minimum Gasteiger partial charge on any atom is -0.497 e. The molecule has 3 heterocycles. The van der Waals surface area contributed by atoms with E-state index in [9.17, 15) is 4.79 Å². The number of aryl methyl sites for hydroxylation is 1. The number of fused-ring (bicyclic) bond motifs is 1. The van der Waals surface area contributed by atoms with Crippen molar-refractivity contribution in [2.24, 2.45) is 4.99 Å². The highest BCUT2D eigenvalue weighted by Crippen LogP contribution is 2.36. The van der Waals surface area contributed by atoms with Gasteiger partial charge in [-0.05, 0) is 90.3 Å². The smallest absolute Gasteiger partial charge is 0.266 e. The van der Waals surface area contributed by atoms with Crippen molar-refractivity contribution in [1.82, 2.24) is 9.88 Å². The Kier molecular flexibility index (Phi) is 7.62. The van der Waals surface area contributed by atoms with Gasteiger partial charge in [0.1, 0.15) is 5.75 Å². The lowest BCUT2D eigenvalue weighted by atomic mass is 10.1. The van der Waals surface area contributed by atoms with Gasteiger partial charge in [-0.1, -0.05) is 24.3 Å². The zero-order chi connectivity index (χ0) is 27.5.